The van der Waals surface area contributed by atoms with Gasteiger partial charge in [-0.2, -0.15) is 5.26 Å². The predicted molar refractivity (Wildman–Crippen MR) is 99.8 cm³/mol. The number of ether oxygens (including phenoxy) is 2. The normalized spacial score (nSPS) is 10.0. The van der Waals surface area contributed by atoms with E-state index < -0.39 is 0 Å². The van der Waals surface area contributed by atoms with Gasteiger partial charge in [-0.25, -0.2) is 4.98 Å². The maximum absolute atomic E-state index is 12.5. The molecule has 0 aliphatic rings. The highest BCUT2D eigenvalue weighted by molar-refractivity contribution is 7.14. The number of rotatable bonds is 5. The van der Waals surface area contributed by atoms with Crippen molar-refractivity contribution in [3.8, 4) is 28.8 Å². The topological polar surface area (TPSA) is 84.2 Å². The number of amides is 1. The minimum atomic E-state index is -0.303. The van der Waals surface area contributed by atoms with Crippen molar-refractivity contribution in [2.75, 3.05) is 19.5 Å². The molecule has 0 fully saturated rings. The zero-order valence-corrected chi connectivity index (χ0v) is 15.0. The second-order valence-corrected chi connectivity index (χ2v) is 6.14. The van der Waals surface area contributed by atoms with Crippen LogP contribution in [0.4, 0.5) is 5.13 Å². The van der Waals surface area contributed by atoms with Gasteiger partial charge in [0.2, 0.25) is 0 Å². The SMILES string of the molecule is COc1cc(OC)cc(C(=O)Nc2nc(-c3ccc(C#N)cc3)cs2)c1. The summed E-state index contributed by atoms with van der Waals surface area (Å²) in [5.74, 6) is 0.766. The van der Waals surface area contributed by atoms with Crippen molar-refractivity contribution in [1.82, 2.24) is 4.98 Å². The number of carbonyl (C=O) groups is 1. The molecule has 130 valence electrons. The zero-order chi connectivity index (χ0) is 18.5. The summed E-state index contributed by atoms with van der Waals surface area (Å²) < 4.78 is 10.4. The third-order valence-electron chi connectivity index (χ3n) is 3.65. The van der Waals surface area contributed by atoms with Crippen molar-refractivity contribution in [3.63, 3.8) is 0 Å². The number of aromatic nitrogens is 1. The standard InChI is InChI=1S/C19H15N3O3S/c1-24-15-7-14(8-16(9-15)25-2)18(23)22-19-21-17(11-26-19)13-5-3-12(10-20)4-6-13/h3-9,11H,1-2H3,(H,21,22,23). The Balaban J connectivity index is 1.78. The minimum absolute atomic E-state index is 0.303. The highest BCUT2D eigenvalue weighted by Gasteiger charge is 2.13. The molecule has 3 aromatic rings. The lowest BCUT2D eigenvalue weighted by atomic mass is 10.1. The number of anilines is 1. The molecule has 6 nitrogen and oxygen atoms in total. The van der Waals surface area contributed by atoms with E-state index >= 15 is 0 Å². The van der Waals surface area contributed by atoms with Crippen LogP contribution in [-0.4, -0.2) is 25.1 Å². The Bertz CT molecular complexity index is 952. The monoisotopic (exact) mass is 365 g/mol. The largest absolute Gasteiger partial charge is 0.497 e. The van der Waals surface area contributed by atoms with Crippen LogP contribution in [-0.2, 0) is 0 Å². The van der Waals surface area contributed by atoms with Crippen LogP contribution in [0.25, 0.3) is 11.3 Å². The summed E-state index contributed by atoms with van der Waals surface area (Å²) in [5, 5.41) is 14.0. The first-order valence-electron chi connectivity index (χ1n) is 7.63. The molecule has 7 heteroatoms. The molecule has 0 unspecified atom stereocenters. The second-order valence-electron chi connectivity index (χ2n) is 5.28. The van der Waals surface area contributed by atoms with E-state index in [2.05, 4.69) is 16.4 Å². The highest BCUT2D eigenvalue weighted by Crippen LogP contribution is 2.27. The van der Waals surface area contributed by atoms with E-state index in [0.29, 0.717) is 27.8 Å². The van der Waals surface area contributed by atoms with E-state index in [1.807, 2.05) is 17.5 Å². The maximum atomic E-state index is 12.5. The lowest BCUT2D eigenvalue weighted by molar-refractivity contribution is 0.102. The average Bonchev–Trinajstić information content (AvgIpc) is 3.15. The van der Waals surface area contributed by atoms with E-state index in [-0.39, 0.29) is 5.91 Å². The molecule has 3 rings (SSSR count). The van der Waals surface area contributed by atoms with E-state index in [4.69, 9.17) is 14.7 Å². The molecule has 26 heavy (non-hydrogen) atoms. The smallest absolute Gasteiger partial charge is 0.257 e. The summed E-state index contributed by atoms with van der Waals surface area (Å²) in [6, 6.07) is 14.2. The van der Waals surface area contributed by atoms with Gasteiger partial charge >= 0.3 is 0 Å². The Morgan fingerprint density at radius 3 is 2.35 bits per heavy atom. The molecule has 2 aromatic carbocycles. The van der Waals surface area contributed by atoms with Crippen molar-refractivity contribution in [2.24, 2.45) is 0 Å². The van der Waals surface area contributed by atoms with Crippen LogP contribution in [0.2, 0.25) is 0 Å². The number of nitriles is 1. The van der Waals surface area contributed by atoms with Gasteiger partial charge in [0, 0.05) is 22.6 Å². The first-order valence-corrected chi connectivity index (χ1v) is 8.51. The minimum Gasteiger partial charge on any atom is -0.497 e. The average molecular weight is 365 g/mol. The molecule has 1 amide bonds. The number of nitrogens with zero attached hydrogens (tertiary/aromatic N) is 2. The van der Waals surface area contributed by atoms with Crippen molar-refractivity contribution >= 4 is 22.4 Å². The molecule has 0 bridgehead atoms. The van der Waals surface area contributed by atoms with Gasteiger partial charge in [0.05, 0.1) is 31.5 Å². The number of carbonyl (C=O) groups excluding carboxylic acids is 1. The van der Waals surface area contributed by atoms with Gasteiger partial charge in [0.15, 0.2) is 5.13 Å². The second kappa shape index (κ2) is 7.68. The summed E-state index contributed by atoms with van der Waals surface area (Å²) >= 11 is 1.33. The van der Waals surface area contributed by atoms with Crippen molar-refractivity contribution in [3.05, 3.63) is 59.0 Å². The number of hydrogen-bond donors (Lipinski definition) is 1. The number of thiazole rings is 1. The summed E-state index contributed by atoms with van der Waals surface area (Å²) in [4.78, 5) is 16.9. The van der Waals surface area contributed by atoms with E-state index in [0.717, 1.165) is 11.3 Å². The lowest BCUT2D eigenvalue weighted by Gasteiger charge is -2.08. The van der Waals surface area contributed by atoms with Gasteiger partial charge in [-0.15, -0.1) is 11.3 Å². The van der Waals surface area contributed by atoms with Crippen LogP contribution < -0.4 is 14.8 Å². The fraction of sp³-hybridized carbons (Fsp3) is 0.105. The molecule has 0 atom stereocenters. The molecule has 0 aliphatic carbocycles. The van der Waals surface area contributed by atoms with Crippen molar-refractivity contribution in [2.45, 2.75) is 0 Å². The third-order valence-corrected chi connectivity index (χ3v) is 4.41. The van der Waals surface area contributed by atoms with Crippen LogP contribution in [0.15, 0.2) is 47.8 Å². The van der Waals surface area contributed by atoms with Gasteiger partial charge in [0.1, 0.15) is 11.5 Å². The van der Waals surface area contributed by atoms with Crippen molar-refractivity contribution < 1.29 is 14.3 Å². The molecule has 0 saturated carbocycles. The van der Waals surface area contributed by atoms with Crippen LogP contribution >= 0.6 is 11.3 Å². The van der Waals surface area contributed by atoms with Gasteiger partial charge in [-0.3, -0.25) is 10.1 Å². The Morgan fingerprint density at radius 2 is 1.77 bits per heavy atom. The molecule has 1 aromatic heterocycles. The van der Waals surface area contributed by atoms with Crippen LogP contribution in [0.3, 0.4) is 0 Å². The summed E-state index contributed by atoms with van der Waals surface area (Å²) in [7, 11) is 3.06. The Kier molecular flexibility index (Phi) is 5.15. The Labute approximate surface area is 154 Å². The fourth-order valence-electron chi connectivity index (χ4n) is 2.29. The molecule has 0 spiro atoms. The molecule has 1 N–H and O–H groups in total. The molecule has 0 aliphatic heterocycles. The van der Waals surface area contributed by atoms with E-state index in [1.165, 1.54) is 25.6 Å². The van der Waals surface area contributed by atoms with Crippen LogP contribution in [0.1, 0.15) is 15.9 Å². The summed E-state index contributed by atoms with van der Waals surface area (Å²) in [6.45, 7) is 0. The number of benzene rings is 2. The zero-order valence-electron chi connectivity index (χ0n) is 14.1. The summed E-state index contributed by atoms with van der Waals surface area (Å²) in [6.07, 6.45) is 0. The fourth-order valence-corrected chi connectivity index (χ4v) is 3.00. The number of hydrogen-bond acceptors (Lipinski definition) is 6. The third kappa shape index (κ3) is 3.82. The molecule has 1 heterocycles. The highest BCUT2D eigenvalue weighted by atomic mass is 32.1. The van der Waals surface area contributed by atoms with Crippen LogP contribution in [0.5, 0.6) is 11.5 Å². The number of methoxy groups -OCH3 is 2. The lowest BCUT2D eigenvalue weighted by Crippen LogP contribution is -2.12. The first kappa shape index (κ1) is 17.5. The Morgan fingerprint density at radius 1 is 1.12 bits per heavy atom. The molecule has 0 radical (unpaired) electrons. The van der Waals surface area contributed by atoms with Gasteiger partial charge in [-0.1, -0.05) is 12.1 Å². The van der Waals surface area contributed by atoms with E-state index in [9.17, 15) is 4.79 Å². The summed E-state index contributed by atoms with van der Waals surface area (Å²) in [5.41, 5.74) is 2.61. The predicted octanol–water partition coefficient (Wildman–Crippen LogP) is 3.95. The quantitative estimate of drug-likeness (QED) is 0.740. The van der Waals surface area contributed by atoms with Gasteiger partial charge < -0.3 is 9.47 Å². The molecule has 0 saturated heterocycles. The van der Waals surface area contributed by atoms with Gasteiger partial charge in [0.25, 0.3) is 5.91 Å². The maximum Gasteiger partial charge on any atom is 0.257 e. The van der Waals surface area contributed by atoms with Crippen LogP contribution in [0, 0.1) is 11.3 Å². The number of nitrogens with one attached hydrogen (secondary N) is 1. The molecular weight excluding hydrogens is 350 g/mol. The van der Waals surface area contributed by atoms with Gasteiger partial charge in [-0.05, 0) is 24.3 Å². The first-order chi connectivity index (χ1) is 12.6. The van der Waals surface area contributed by atoms with Crippen molar-refractivity contribution in [1.29, 1.82) is 5.26 Å². The molecular formula is C19H15N3O3S. The van der Waals surface area contributed by atoms with E-state index in [1.54, 1.807) is 30.3 Å². The Hall–Kier alpha value is -3.37.